The van der Waals surface area contributed by atoms with Gasteiger partial charge in [0.25, 0.3) is 0 Å². The lowest BCUT2D eigenvalue weighted by atomic mass is 9.94. The molecule has 2 aliphatic heterocycles. The molecule has 0 atom stereocenters. The maximum Gasteiger partial charge on any atom is 0.335 e. The number of hydrogen-bond acceptors (Lipinski definition) is 5. The van der Waals surface area contributed by atoms with Crippen molar-refractivity contribution in [1.29, 1.82) is 0 Å². The molecule has 1 aromatic heterocycles. The van der Waals surface area contributed by atoms with Crippen molar-refractivity contribution in [2.24, 2.45) is 0 Å². The highest BCUT2D eigenvalue weighted by atomic mass is 16.5. The van der Waals surface area contributed by atoms with Crippen LogP contribution in [0.1, 0.15) is 85.3 Å². The molecular formula is C38H43N3O5. The number of ether oxygens (including phenoxy) is 1. The standard InChI is InChI=1S/C38H43N3O5/c1-25-33-23-27(38(44)45)11-15-35(33)41(29-6-3-2-4-7-29)37(25)26-9-13-32(14-10-26)46-24-28-22-30(40-19-5-8-36(40)43)12-16-34(28)39-20-17-31(42)18-21-39/h9-16,22-23,29,31,42H,2-8,17-21,24H2,1H3,(H,44,45). The lowest BCUT2D eigenvalue weighted by Gasteiger charge is -2.33. The predicted octanol–water partition coefficient (Wildman–Crippen LogP) is 7.49. The van der Waals surface area contributed by atoms with Gasteiger partial charge < -0.3 is 29.3 Å². The summed E-state index contributed by atoms with van der Waals surface area (Å²) in [6.45, 7) is 4.78. The fourth-order valence-electron chi connectivity index (χ4n) is 7.74. The zero-order valence-electron chi connectivity index (χ0n) is 26.6. The van der Waals surface area contributed by atoms with Gasteiger partial charge in [0.15, 0.2) is 0 Å². The molecular weight excluding hydrogens is 578 g/mol. The van der Waals surface area contributed by atoms with Gasteiger partial charge in [0, 0.05) is 59.9 Å². The van der Waals surface area contributed by atoms with E-state index in [-0.39, 0.29) is 12.0 Å². The van der Waals surface area contributed by atoms with Gasteiger partial charge in [0.05, 0.1) is 17.4 Å². The summed E-state index contributed by atoms with van der Waals surface area (Å²) in [6, 6.07) is 20.4. The molecule has 8 nitrogen and oxygen atoms in total. The molecule has 8 heteroatoms. The van der Waals surface area contributed by atoms with E-state index in [0.29, 0.717) is 24.6 Å². The van der Waals surface area contributed by atoms with Crippen LogP contribution < -0.4 is 14.5 Å². The molecule has 1 amide bonds. The Kier molecular flexibility index (Phi) is 8.47. The van der Waals surface area contributed by atoms with E-state index in [4.69, 9.17) is 4.74 Å². The lowest BCUT2D eigenvalue weighted by Crippen LogP contribution is -2.36. The number of carbonyl (C=O) groups is 2. The van der Waals surface area contributed by atoms with Gasteiger partial charge in [-0.25, -0.2) is 4.79 Å². The Morgan fingerprint density at radius 1 is 0.891 bits per heavy atom. The molecule has 3 heterocycles. The summed E-state index contributed by atoms with van der Waals surface area (Å²) in [5, 5.41) is 20.7. The Morgan fingerprint density at radius 2 is 1.65 bits per heavy atom. The summed E-state index contributed by atoms with van der Waals surface area (Å²) < 4.78 is 8.86. The number of rotatable bonds is 8. The monoisotopic (exact) mass is 621 g/mol. The van der Waals surface area contributed by atoms with Gasteiger partial charge >= 0.3 is 5.97 Å². The number of fused-ring (bicyclic) bond motifs is 1. The number of carbonyl (C=O) groups excluding carboxylic acids is 1. The second-order valence-electron chi connectivity index (χ2n) is 13.2. The van der Waals surface area contributed by atoms with Crippen molar-refractivity contribution in [3.63, 3.8) is 0 Å². The minimum atomic E-state index is -0.909. The first-order valence-corrected chi connectivity index (χ1v) is 16.8. The number of aliphatic hydroxyl groups is 1. The summed E-state index contributed by atoms with van der Waals surface area (Å²) in [5.74, 6) is 0.0161. The molecule has 1 saturated carbocycles. The third-order valence-electron chi connectivity index (χ3n) is 10.2. The van der Waals surface area contributed by atoms with Gasteiger partial charge in [-0.05, 0) is 111 Å². The normalized spacial score (nSPS) is 18.1. The average molecular weight is 622 g/mol. The molecule has 0 spiro atoms. The molecule has 3 aliphatic rings. The fourth-order valence-corrected chi connectivity index (χ4v) is 7.74. The molecule has 0 radical (unpaired) electrons. The van der Waals surface area contributed by atoms with Gasteiger partial charge in [0.1, 0.15) is 12.4 Å². The first kappa shape index (κ1) is 30.4. The molecule has 2 N–H and O–H groups in total. The third-order valence-corrected chi connectivity index (χ3v) is 10.2. The van der Waals surface area contributed by atoms with Crippen molar-refractivity contribution < 1.29 is 24.5 Å². The van der Waals surface area contributed by atoms with Gasteiger partial charge in [0.2, 0.25) is 5.91 Å². The molecule has 240 valence electrons. The highest BCUT2D eigenvalue weighted by Gasteiger charge is 2.26. The minimum Gasteiger partial charge on any atom is -0.489 e. The van der Waals surface area contributed by atoms with E-state index in [9.17, 15) is 19.8 Å². The van der Waals surface area contributed by atoms with E-state index >= 15 is 0 Å². The Labute approximate surface area is 270 Å². The highest BCUT2D eigenvalue weighted by Crippen LogP contribution is 2.41. The van der Waals surface area contributed by atoms with Gasteiger partial charge in [-0.1, -0.05) is 19.3 Å². The van der Waals surface area contributed by atoms with Crippen LogP contribution in [0.2, 0.25) is 0 Å². The first-order valence-electron chi connectivity index (χ1n) is 16.8. The second-order valence-corrected chi connectivity index (χ2v) is 13.2. The number of nitrogens with zero attached hydrogens (tertiary/aromatic N) is 3. The lowest BCUT2D eigenvalue weighted by molar-refractivity contribution is -0.117. The number of carboxylic acids is 1. The van der Waals surface area contributed by atoms with E-state index in [2.05, 4.69) is 40.7 Å². The van der Waals surface area contributed by atoms with Crippen LogP contribution in [0.25, 0.3) is 22.2 Å². The topological polar surface area (TPSA) is 95.2 Å². The maximum absolute atomic E-state index is 12.5. The van der Waals surface area contributed by atoms with Crippen LogP contribution in [-0.4, -0.2) is 52.4 Å². The molecule has 4 aromatic rings. The Morgan fingerprint density at radius 3 is 2.35 bits per heavy atom. The number of amides is 1. The highest BCUT2D eigenvalue weighted by molar-refractivity contribution is 5.98. The van der Waals surface area contributed by atoms with Gasteiger partial charge in [-0.2, -0.15) is 0 Å². The molecule has 3 aromatic carbocycles. The van der Waals surface area contributed by atoms with Crippen LogP contribution in [-0.2, 0) is 11.4 Å². The average Bonchev–Trinajstić information content (AvgIpc) is 3.64. The number of piperidine rings is 1. The van der Waals surface area contributed by atoms with E-state index in [1.807, 2.05) is 35.2 Å². The van der Waals surface area contributed by atoms with E-state index < -0.39 is 5.97 Å². The number of benzene rings is 3. The molecule has 1 aliphatic carbocycles. The molecule has 7 rings (SSSR count). The second kappa shape index (κ2) is 12.8. The van der Waals surface area contributed by atoms with Crippen LogP contribution in [0.5, 0.6) is 5.75 Å². The van der Waals surface area contributed by atoms with Gasteiger partial charge in [-0.15, -0.1) is 0 Å². The number of aromatic carboxylic acids is 1. The third kappa shape index (κ3) is 5.86. The first-order chi connectivity index (χ1) is 22.4. The van der Waals surface area contributed by atoms with Crippen molar-refractivity contribution in [2.45, 2.75) is 83.5 Å². The number of anilines is 2. The van der Waals surface area contributed by atoms with Crippen LogP contribution in [0.4, 0.5) is 11.4 Å². The zero-order valence-corrected chi connectivity index (χ0v) is 26.6. The van der Waals surface area contributed by atoms with Crippen LogP contribution in [0.15, 0.2) is 60.7 Å². The quantitative estimate of drug-likeness (QED) is 0.212. The molecule has 0 unspecified atom stereocenters. The van der Waals surface area contributed by atoms with Gasteiger partial charge in [-0.3, -0.25) is 4.79 Å². The smallest absolute Gasteiger partial charge is 0.335 e. The van der Waals surface area contributed by atoms with Crippen molar-refractivity contribution >= 4 is 34.2 Å². The van der Waals surface area contributed by atoms with E-state index in [1.165, 1.54) is 19.3 Å². The number of carboxylic acid groups (broad SMARTS) is 1. The summed E-state index contributed by atoms with van der Waals surface area (Å²) in [4.78, 5) is 28.5. The summed E-state index contributed by atoms with van der Waals surface area (Å²) in [7, 11) is 0. The van der Waals surface area contributed by atoms with E-state index in [1.54, 1.807) is 6.07 Å². The molecule has 2 saturated heterocycles. The Hall–Kier alpha value is -4.30. The maximum atomic E-state index is 12.5. The van der Waals surface area contributed by atoms with E-state index in [0.717, 1.165) is 102 Å². The Bertz CT molecular complexity index is 1750. The van der Waals surface area contributed by atoms with Crippen molar-refractivity contribution in [1.82, 2.24) is 4.57 Å². The summed E-state index contributed by atoms with van der Waals surface area (Å²) in [6.07, 6.45) is 8.61. The fraction of sp³-hybridized carbons (Fsp3) is 0.421. The summed E-state index contributed by atoms with van der Waals surface area (Å²) >= 11 is 0. The van der Waals surface area contributed by atoms with Crippen molar-refractivity contribution in [3.05, 3.63) is 77.4 Å². The number of aryl methyl sites for hydroxylation is 1. The minimum absolute atomic E-state index is 0.163. The Balaban J connectivity index is 1.18. The van der Waals surface area contributed by atoms with Crippen molar-refractivity contribution in [2.75, 3.05) is 29.4 Å². The van der Waals surface area contributed by atoms with Crippen molar-refractivity contribution in [3.8, 4) is 17.0 Å². The van der Waals surface area contributed by atoms with Crippen LogP contribution >= 0.6 is 0 Å². The van der Waals surface area contributed by atoms with Crippen LogP contribution in [0.3, 0.4) is 0 Å². The molecule has 46 heavy (non-hydrogen) atoms. The predicted molar refractivity (Wildman–Crippen MR) is 181 cm³/mol. The zero-order chi connectivity index (χ0) is 31.8. The van der Waals surface area contributed by atoms with Crippen LogP contribution in [0, 0.1) is 6.92 Å². The SMILES string of the molecule is Cc1c(-c2ccc(OCc3cc(N4CCCC4=O)ccc3N3CCC(O)CC3)cc2)n(C2CCCCC2)c2ccc(C(=O)O)cc12. The number of aliphatic hydroxyl groups excluding tert-OH is 1. The molecule has 3 fully saturated rings. The summed E-state index contributed by atoms with van der Waals surface area (Å²) in [5.41, 5.74) is 7.77. The number of hydrogen-bond donors (Lipinski definition) is 2. The molecule has 0 bridgehead atoms. The number of aromatic nitrogens is 1. The largest absolute Gasteiger partial charge is 0.489 e.